The van der Waals surface area contributed by atoms with E-state index >= 15 is 0 Å². The third-order valence-corrected chi connectivity index (χ3v) is 2.20. The molecule has 0 bridgehead atoms. The van der Waals surface area contributed by atoms with Crippen molar-refractivity contribution in [3.8, 4) is 0 Å². The van der Waals surface area contributed by atoms with E-state index in [1.807, 2.05) is 19.9 Å². The SMILES string of the molecule is CCOCCNC(C)c1cc(Br)no1. The molecule has 1 rings (SSSR count). The van der Waals surface area contributed by atoms with Gasteiger partial charge in [-0.1, -0.05) is 5.16 Å². The molecule has 0 aliphatic carbocycles. The van der Waals surface area contributed by atoms with Crippen LogP contribution in [0, 0.1) is 0 Å². The Labute approximate surface area is 92.1 Å². The van der Waals surface area contributed by atoms with Gasteiger partial charge in [-0.25, -0.2) is 0 Å². The van der Waals surface area contributed by atoms with Crippen LogP contribution in [0.1, 0.15) is 25.6 Å². The number of aromatic nitrogens is 1. The standard InChI is InChI=1S/C9H15BrN2O2/c1-3-13-5-4-11-7(2)8-6-9(10)12-14-8/h6-7,11H,3-5H2,1-2H3. The fraction of sp³-hybridized carbons (Fsp3) is 0.667. The van der Waals surface area contributed by atoms with Gasteiger partial charge in [0.2, 0.25) is 0 Å². The molecule has 5 heteroatoms. The second-order valence-corrected chi connectivity index (χ2v) is 3.74. The van der Waals surface area contributed by atoms with Gasteiger partial charge < -0.3 is 14.6 Å². The lowest BCUT2D eigenvalue weighted by molar-refractivity contribution is 0.146. The summed E-state index contributed by atoms with van der Waals surface area (Å²) in [5, 5.41) is 7.02. The predicted octanol–water partition coefficient (Wildman–Crippen LogP) is 2.12. The molecule has 0 aliphatic rings. The number of nitrogens with one attached hydrogen (secondary N) is 1. The Morgan fingerprint density at radius 3 is 3.07 bits per heavy atom. The Balaban J connectivity index is 2.25. The molecule has 1 aromatic heterocycles. The number of hydrogen-bond donors (Lipinski definition) is 1. The van der Waals surface area contributed by atoms with Gasteiger partial charge in [0.25, 0.3) is 0 Å². The minimum atomic E-state index is 0.161. The Kier molecular flexibility index (Phi) is 5.14. The summed E-state index contributed by atoms with van der Waals surface area (Å²) in [5.74, 6) is 0.827. The molecule has 0 aliphatic heterocycles. The van der Waals surface area contributed by atoms with Crippen LogP contribution in [-0.4, -0.2) is 24.9 Å². The lowest BCUT2D eigenvalue weighted by Gasteiger charge is -2.09. The molecule has 0 aromatic carbocycles. The van der Waals surface area contributed by atoms with Crippen molar-refractivity contribution in [1.29, 1.82) is 0 Å². The van der Waals surface area contributed by atoms with E-state index in [-0.39, 0.29) is 6.04 Å². The first-order valence-electron chi connectivity index (χ1n) is 4.67. The van der Waals surface area contributed by atoms with Crippen LogP contribution >= 0.6 is 15.9 Å². The largest absolute Gasteiger partial charge is 0.380 e. The molecule has 0 saturated carbocycles. The van der Waals surface area contributed by atoms with Gasteiger partial charge >= 0.3 is 0 Å². The summed E-state index contributed by atoms with van der Waals surface area (Å²) in [7, 11) is 0. The zero-order valence-electron chi connectivity index (χ0n) is 8.42. The molecule has 1 atom stereocenters. The summed E-state index contributed by atoms with van der Waals surface area (Å²) in [5.41, 5.74) is 0. The summed E-state index contributed by atoms with van der Waals surface area (Å²) >= 11 is 3.24. The molecule has 14 heavy (non-hydrogen) atoms. The highest BCUT2D eigenvalue weighted by molar-refractivity contribution is 9.10. The normalized spacial score (nSPS) is 13.1. The molecule has 1 aromatic rings. The van der Waals surface area contributed by atoms with Crippen molar-refractivity contribution in [2.45, 2.75) is 19.9 Å². The van der Waals surface area contributed by atoms with Crippen LogP contribution in [0.5, 0.6) is 0 Å². The van der Waals surface area contributed by atoms with Crippen molar-refractivity contribution >= 4 is 15.9 Å². The summed E-state index contributed by atoms with van der Waals surface area (Å²) in [6.45, 7) is 6.29. The molecule has 0 fully saturated rings. The topological polar surface area (TPSA) is 47.3 Å². The van der Waals surface area contributed by atoms with Gasteiger partial charge in [0, 0.05) is 19.2 Å². The van der Waals surface area contributed by atoms with E-state index in [1.54, 1.807) is 0 Å². The van der Waals surface area contributed by atoms with Gasteiger partial charge in [-0.15, -0.1) is 0 Å². The van der Waals surface area contributed by atoms with Gasteiger partial charge in [-0.3, -0.25) is 0 Å². The van der Waals surface area contributed by atoms with E-state index in [1.165, 1.54) is 0 Å². The van der Waals surface area contributed by atoms with Crippen LogP contribution < -0.4 is 5.32 Å². The van der Waals surface area contributed by atoms with E-state index in [9.17, 15) is 0 Å². The molecule has 80 valence electrons. The smallest absolute Gasteiger partial charge is 0.154 e. The Morgan fingerprint density at radius 2 is 2.50 bits per heavy atom. The van der Waals surface area contributed by atoms with E-state index in [0.717, 1.165) is 30.1 Å². The minimum Gasteiger partial charge on any atom is -0.380 e. The fourth-order valence-corrected chi connectivity index (χ4v) is 1.36. The van der Waals surface area contributed by atoms with Crippen molar-refractivity contribution in [3.63, 3.8) is 0 Å². The number of ether oxygens (including phenoxy) is 1. The second-order valence-electron chi connectivity index (χ2n) is 2.92. The monoisotopic (exact) mass is 262 g/mol. The third kappa shape index (κ3) is 3.77. The lowest BCUT2D eigenvalue weighted by atomic mass is 10.2. The van der Waals surface area contributed by atoms with Gasteiger partial charge in [0.05, 0.1) is 12.6 Å². The third-order valence-electron chi connectivity index (χ3n) is 1.83. The molecule has 0 amide bonds. The molecule has 0 spiro atoms. The number of rotatable bonds is 6. The quantitative estimate of drug-likeness (QED) is 0.798. The number of nitrogens with zero attached hydrogens (tertiary/aromatic N) is 1. The van der Waals surface area contributed by atoms with Gasteiger partial charge in [0.1, 0.15) is 4.60 Å². The molecule has 1 unspecified atom stereocenters. The summed E-state index contributed by atoms with van der Waals surface area (Å²) in [6.07, 6.45) is 0. The van der Waals surface area contributed by atoms with Gasteiger partial charge in [0.15, 0.2) is 5.76 Å². The summed E-state index contributed by atoms with van der Waals surface area (Å²) < 4.78 is 11.0. The van der Waals surface area contributed by atoms with Crippen LogP contribution in [0.25, 0.3) is 0 Å². The molecule has 0 saturated heterocycles. The summed E-state index contributed by atoms with van der Waals surface area (Å²) in [6, 6.07) is 2.02. The van der Waals surface area contributed by atoms with Crippen LogP contribution in [0.2, 0.25) is 0 Å². The molecule has 0 radical (unpaired) electrons. The maximum absolute atomic E-state index is 5.21. The van der Waals surface area contributed by atoms with Crippen LogP contribution in [0.3, 0.4) is 0 Å². The molecular formula is C9H15BrN2O2. The zero-order chi connectivity index (χ0) is 10.4. The maximum Gasteiger partial charge on any atom is 0.154 e. The van der Waals surface area contributed by atoms with Crippen molar-refractivity contribution in [2.75, 3.05) is 19.8 Å². The predicted molar refractivity (Wildman–Crippen MR) is 57.1 cm³/mol. The number of halogens is 1. The fourth-order valence-electron chi connectivity index (χ4n) is 1.06. The molecular weight excluding hydrogens is 248 g/mol. The van der Waals surface area contributed by atoms with Crippen LogP contribution in [0.4, 0.5) is 0 Å². The highest BCUT2D eigenvalue weighted by Gasteiger charge is 2.09. The average molecular weight is 263 g/mol. The van der Waals surface area contributed by atoms with E-state index in [0.29, 0.717) is 0 Å². The van der Waals surface area contributed by atoms with Crippen molar-refractivity contribution in [3.05, 3.63) is 16.4 Å². The zero-order valence-corrected chi connectivity index (χ0v) is 10.0. The van der Waals surface area contributed by atoms with Crippen LogP contribution in [-0.2, 0) is 4.74 Å². The molecule has 4 nitrogen and oxygen atoms in total. The molecule has 1 N–H and O–H groups in total. The lowest BCUT2D eigenvalue weighted by Crippen LogP contribution is -2.22. The number of hydrogen-bond acceptors (Lipinski definition) is 4. The second kappa shape index (κ2) is 6.16. The minimum absolute atomic E-state index is 0.161. The first kappa shape index (κ1) is 11.7. The van der Waals surface area contributed by atoms with Gasteiger partial charge in [-0.2, -0.15) is 0 Å². The van der Waals surface area contributed by atoms with E-state index in [4.69, 9.17) is 9.26 Å². The highest BCUT2D eigenvalue weighted by Crippen LogP contribution is 2.16. The first-order valence-corrected chi connectivity index (χ1v) is 5.46. The van der Waals surface area contributed by atoms with E-state index in [2.05, 4.69) is 26.4 Å². The molecule has 1 heterocycles. The first-order chi connectivity index (χ1) is 6.74. The highest BCUT2D eigenvalue weighted by atomic mass is 79.9. The Bertz CT molecular complexity index is 265. The van der Waals surface area contributed by atoms with Gasteiger partial charge in [-0.05, 0) is 29.8 Å². The van der Waals surface area contributed by atoms with Crippen molar-refractivity contribution in [2.24, 2.45) is 0 Å². The Hall–Kier alpha value is -0.390. The van der Waals surface area contributed by atoms with Crippen molar-refractivity contribution < 1.29 is 9.26 Å². The summed E-state index contributed by atoms with van der Waals surface area (Å²) in [4.78, 5) is 0. The average Bonchev–Trinajstić information content (AvgIpc) is 2.59. The Morgan fingerprint density at radius 1 is 1.71 bits per heavy atom. The van der Waals surface area contributed by atoms with E-state index < -0.39 is 0 Å². The van der Waals surface area contributed by atoms with Crippen molar-refractivity contribution in [1.82, 2.24) is 10.5 Å². The van der Waals surface area contributed by atoms with Crippen LogP contribution in [0.15, 0.2) is 15.2 Å². The maximum atomic E-state index is 5.21.